The fourth-order valence-electron chi connectivity index (χ4n) is 5.37. The number of aryl methyl sites for hydroxylation is 2. The lowest BCUT2D eigenvalue weighted by atomic mass is 9.98. The number of fused-ring (bicyclic) bond motifs is 2. The molecule has 0 saturated carbocycles. The predicted octanol–water partition coefficient (Wildman–Crippen LogP) is 5.19. The Hall–Kier alpha value is -5.02. The molecule has 1 N–H and O–H groups in total. The van der Waals surface area contributed by atoms with Crippen molar-refractivity contribution in [2.24, 2.45) is 0 Å². The van der Waals surface area contributed by atoms with Crippen LogP contribution in [0.5, 0.6) is 0 Å². The summed E-state index contributed by atoms with van der Waals surface area (Å²) in [5.74, 6) is 0.401. The Morgan fingerprint density at radius 2 is 2.03 bits per heavy atom. The molecule has 2 aromatic heterocycles. The molecule has 0 aliphatic heterocycles. The highest BCUT2D eigenvalue weighted by Gasteiger charge is 2.40. The molecule has 0 spiro atoms. The minimum atomic E-state index is -4.45. The van der Waals surface area contributed by atoms with Crippen molar-refractivity contribution in [1.82, 2.24) is 15.2 Å². The first-order chi connectivity index (χ1) is 18.8. The molecule has 0 radical (unpaired) electrons. The molecule has 2 heterocycles. The average molecular weight is 541 g/mol. The number of nitro benzene ring substituents is 1. The number of nitro groups is 1. The number of rotatable bonds is 6. The second-order valence-corrected chi connectivity index (χ2v) is 11.0. The topological polar surface area (TPSA) is 159 Å². The zero-order valence-electron chi connectivity index (χ0n) is 20.5. The van der Waals surface area contributed by atoms with Gasteiger partial charge >= 0.3 is 0 Å². The summed E-state index contributed by atoms with van der Waals surface area (Å²) in [6, 6.07) is 15.4. The van der Waals surface area contributed by atoms with Crippen molar-refractivity contribution < 1.29 is 17.8 Å². The van der Waals surface area contributed by atoms with Crippen LogP contribution in [-0.4, -0.2) is 28.5 Å². The van der Waals surface area contributed by atoms with Crippen LogP contribution in [0, 0.1) is 28.4 Å². The number of H-pyrrole nitrogens is 1. The lowest BCUT2D eigenvalue weighted by molar-refractivity contribution is -0.387. The number of para-hydroxylation sites is 1. The molecule has 1 aliphatic rings. The highest BCUT2D eigenvalue weighted by Crippen LogP contribution is 2.45. The summed E-state index contributed by atoms with van der Waals surface area (Å²) < 4.78 is 35.5. The van der Waals surface area contributed by atoms with E-state index in [1.165, 1.54) is 41.2 Å². The van der Waals surface area contributed by atoms with Gasteiger partial charge < -0.3 is 4.42 Å². The molecule has 0 bridgehead atoms. The molecule has 0 amide bonds. The van der Waals surface area contributed by atoms with E-state index in [-0.39, 0.29) is 0 Å². The fourth-order valence-corrected chi connectivity index (χ4v) is 7.17. The average Bonchev–Trinajstić information content (AvgIpc) is 3.68. The van der Waals surface area contributed by atoms with E-state index in [1.54, 1.807) is 30.3 Å². The van der Waals surface area contributed by atoms with Gasteiger partial charge in [0.2, 0.25) is 0 Å². The molecule has 39 heavy (non-hydrogen) atoms. The molecule has 5 aromatic rings. The highest BCUT2D eigenvalue weighted by molar-refractivity contribution is 7.93. The van der Waals surface area contributed by atoms with Crippen LogP contribution in [-0.2, 0) is 16.4 Å². The lowest BCUT2D eigenvalue weighted by Gasteiger charge is -2.31. The summed E-state index contributed by atoms with van der Waals surface area (Å²) in [4.78, 5) is 14.7. The Balaban J connectivity index is 1.60. The van der Waals surface area contributed by atoms with Crippen LogP contribution < -0.4 is 4.31 Å². The van der Waals surface area contributed by atoms with Crippen LogP contribution in [0.15, 0.2) is 76.5 Å². The number of nitrogens with zero attached hydrogens (tertiary/aromatic N) is 5. The summed E-state index contributed by atoms with van der Waals surface area (Å²) >= 11 is 0. The van der Waals surface area contributed by atoms with Crippen LogP contribution in [0.4, 0.5) is 11.4 Å². The normalized spacial score (nSPS) is 14.7. The molecule has 194 valence electrons. The quantitative estimate of drug-likeness (QED) is 0.227. The monoisotopic (exact) mass is 540 g/mol. The van der Waals surface area contributed by atoms with Gasteiger partial charge in [-0.05, 0) is 72.9 Å². The number of benzene rings is 3. The summed E-state index contributed by atoms with van der Waals surface area (Å²) in [6.45, 7) is 1.84. The van der Waals surface area contributed by atoms with Gasteiger partial charge in [-0.25, -0.2) is 13.4 Å². The summed E-state index contributed by atoms with van der Waals surface area (Å²) in [5.41, 5.74) is 3.85. The van der Waals surface area contributed by atoms with Crippen molar-refractivity contribution >= 4 is 32.3 Å². The van der Waals surface area contributed by atoms with Crippen LogP contribution in [0.2, 0.25) is 0 Å². The molecule has 12 heteroatoms. The Bertz CT molecular complexity index is 1910. The highest BCUT2D eigenvalue weighted by atomic mass is 32.2. The van der Waals surface area contributed by atoms with Crippen LogP contribution in [0.1, 0.15) is 34.7 Å². The second kappa shape index (κ2) is 9.07. The van der Waals surface area contributed by atoms with Gasteiger partial charge in [-0.3, -0.25) is 19.5 Å². The molecular weight excluding hydrogens is 520 g/mol. The first kappa shape index (κ1) is 24.3. The number of nitriles is 1. The van der Waals surface area contributed by atoms with Gasteiger partial charge in [-0.15, -0.1) is 0 Å². The first-order valence-corrected chi connectivity index (χ1v) is 13.4. The van der Waals surface area contributed by atoms with E-state index in [1.807, 2.05) is 6.92 Å². The molecule has 1 unspecified atom stereocenters. The summed E-state index contributed by atoms with van der Waals surface area (Å²) in [7, 11) is -4.45. The number of oxazole rings is 1. The van der Waals surface area contributed by atoms with Gasteiger partial charge in [0, 0.05) is 11.5 Å². The standard InChI is InChI=1S/C27H20N6O5S/c1-16-10-17(13-28)11-18-6-9-23(26(16)18)32(39(36,37)25-5-3-2-4-22(25)33(34)35)19-7-8-21-20(12-19)27(31-30-21)24-14-29-15-38-24/h2-5,7-8,10-12,14-15,23H,6,9H2,1H3,(H,30,31). The van der Waals surface area contributed by atoms with Crippen molar-refractivity contribution in [1.29, 1.82) is 5.26 Å². The zero-order chi connectivity index (χ0) is 27.3. The van der Waals surface area contributed by atoms with Crippen LogP contribution in [0.3, 0.4) is 0 Å². The zero-order valence-corrected chi connectivity index (χ0v) is 21.3. The lowest BCUT2D eigenvalue weighted by Crippen LogP contribution is -2.34. The maximum Gasteiger partial charge on any atom is 0.289 e. The molecule has 6 rings (SSSR count). The van der Waals surface area contributed by atoms with E-state index in [0.29, 0.717) is 46.4 Å². The van der Waals surface area contributed by atoms with Gasteiger partial charge in [0.25, 0.3) is 15.7 Å². The number of hydrogen-bond donors (Lipinski definition) is 1. The Labute approximate surface area is 222 Å². The van der Waals surface area contributed by atoms with Gasteiger partial charge in [0.1, 0.15) is 5.69 Å². The molecule has 1 aliphatic carbocycles. The molecular formula is C27H20N6O5S. The molecule has 11 nitrogen and oxygen atoms in total. The van der Waals surface area contributed by atoms with Crippen molar-refractivity contribution in [2.45, 2.75) is 30.7 Å². The van der Waals surface area contributed by atoms with E-state index in [4.69, 9.17) is 4.42 Å². The summed E-state index contributed by atoms with van der Waals surface area (Å²) in [6.07, 6.45) is 3.77. The number of hydrogen-bond acceptors (Lipinski definition) is 8. The van der Waals surface area contributed by atoms with Gasteiger partial charge in [-0.2, -0.15) is 10.4 Å². The number of sulfonamides is 1. The number of aromatic nitrogens is 3. The van der Waals surface area contributed by atoms with Gasteiger partial charge in [0.15, 0.2) is 17.0 Å². The maximum absolute atomic E-state index is 14.4. The smallest absolute Gasteiger partial charge is 0.289 e. The molecule has 0 saturated heterocycles. The van der Waals surface area contributed by atoms with Crippen molar-refractivity contribution in [3.8, 4) is 17.5 Å². The SMILES string of the molecule is Cc1cc(C#N)cc2c1C(N(c1ccc3[nH]nc(-c4cnco4)c3c1)S(=O)(=O)c1ccccc1[N+](=O)[O-])CC2. The minimum Gasteiger partial charge on any atom is -0.442 e. The Kier molecular flexibility index (Phi) is 5.66. The van der Waals surface area contributed by atoms with E-state index >= 15 is 0 Å². The van der Waals surface area contributed by atoms with E-state index in [2.05, 4.69) is 21.3 Å². The van der Waals surface area contributed by atoms with E-state index in [0.717, 1.165) is 16.7 Å². The molecule has 3 aromatic carbocycles. The number of aromatic amines is 1. The maximum atomic E-state index is 14.4. The Morgan fingerprint density at radius 1 is 1.21 bits per heavy atom. The van der Waals surface area contributed by atoms with E-state index < -0.39 is 31.6 Å². The minimum absolute atomic E-state index is 0.310. The van der Waals surface area contributed by atoms with Gasteiger partial charge in [-0.1, -0.05) is 12.1 Å². The number of nitrogens with one attached hydrogen (secondary N) is 1. The Morgan fingerprint density at radius 3 is 2.77 bits per heavy atom. The number of anilines is 1. The predicted molar refractivity (Wildman–Crippen MR) is 141 cm³/mol. The van der Waals surface area contributed by atoms with Crippen molar-refractivity contribution in [3.63, 3.8) is 0 Å². The van der Waals surface area contributed by atoms with Crippen LogP contribution >= 0.6 is 0 Å². The second-order valence-electron chi connectivity index (χ2n) is 9.23. The largest absolute Gasteiger partial charge is 0.442 e. The van der Waals surface area contributed by atoms with Crippen molar-refractivity contribution in [3.05, 3.63) is 99.6 Å². The molecule has 1 atom stereocenters. The summed E-state index contributed by atoms with van der Waals surface area (Å²) in [5, 5.41) is 29.1. The fraction of sp³-hybridized carbons (Fsp3) is 0.148. The van der Waals surface area contributed by atoms with E-state index in [9.17, 15) is 23.8 Å². The van der Waals surface area contributed by atoms with Crippen molar-refractivity contribution in [2.75, 3.05) is 4.31 Å². The van der Waals surface area contributed by atoms with Gasteiger partial charge in [0.05, 0.1) is 40.0 Å². The van der Waals surface area contributed by atoms with Crippen LogP contribution in [0.25, 0.3) is 22.4 Å². The molecule has 0 fully saturated rings. The third-order valence-electron chi connectivity index (χ3n) is 6.97. The first-order valence-electron chi connectivity index (χ1n) is 12.0. The third-order valence-corrected chi connectivity index (χ3v) is 8.85. The third kappa shape index (κ3) is 3.91.